The number of rotatable bonds is 4. The SMILES string of the molecule is O=C1c2ccccc2C(=O)N1Cc1ccc(CN2CCCC2)cc1. The van der Waals surface area contributed by atoms with Gasteiger partial charge in [-0.25, -0.2) is 0 Å². The Morgan fingerprint density at radius 3 is 1.75 bits per heavy atom. The van der Waals surface area contributed by atoms with Crippen LogP contribution in [0.15, 0.2) is 48.5 Å². The number of hydrogen-bond donors (Lipinski definition) is 0. The van der Waals surface area contributed by atoms with E-state index in [0.29, 0.717) is 17.7 Å². The van der Waals surface area contributed by atoms with Gasteiger partial charge in [-0.3, -0.25) is 19.4 Å². The minimum Gasteiger partial charge on any atom is -0.299 e. The third-order valence-electron chi connectivity index (χ3n) is 4.85. The highest BCUT2D eigenvalue weighted by Gasteiger charge is 2.34. The van der Waals surface area contributed by atoms with E-state index in [1.54, 1.807) is 24.3 Å². The summed E-state index contributed by atoms with van der Waals surface area (Å²) in [6.45, 7) is 3.66. The molecule has 4 heteroatoms. The lowest BCUT2D eigenvalue weighted by molar-refractivity contribution is 0.0642. The largest absolute Gasteiger partial charge is 0.299 e. The van der Waals surface area contributed by atoms with Gasteiger partial charge in [0.25, 0.3) is 11.8 Å². The van der Waals surface area contributed by atoms with Crippen molar-refractivity contribution < 1.29 is 9.59 Å². The van der Waals surface area contributed by atoms with E-state index in [0.717, 1.165) is 12.1 Å². The molecule has 0 unspecified atom stereocenters. The van der Waals surface area contributed by atoms with E-state index in [1.165, 1.54) is 36.4 Å². The summed E-state index contributed by atoms with van der Waals surface area (Å²) >= 11 is 0. The number of imide groups is 1. The minimum absolute atomic E-state index is 0.197. The molecule has 4 rings (SSSR count). The summed E-state index contributed by atoms with van der Waals surface area (Å²) in [6.07, 6.45) is 2.58. The molecule has 2 aliphatic rings. The van der Waals surface area contributed by atoms with Crippen LogP contribution >= 0.6 is 0 Å². The van der Waals surface area contributed by atoms with Gasteiger partial charge in [-0.2, -0.15) is 0 Å². The number of hydrogen-bond acceptors (Lipinski definition) is 3. The molecule has 0 N–H and O–H groups in total. The van der Waals surface area contributed by atoms with Crippen molar-refractivity contribution in [2.45, 2.75) is 25.9 Å². The van der Waals surface area contributed by atoms with Crippen molar-refractivity contribution >= 4 is 11.8 Å². The average molecular weight is 320 g/mol. The Morgan fingerprint density at radius 1 is 0.708 bits per heavy atom. The number of fused-ring (bicyclic) bond motifs is 1. The summed E-state index contributed by atoms with van der Waals surface area (Å²) in [5, 5.41) is 0. The van der Waals surface area contributed by atoms with Gasteiger partial charge < -0.3 is 0 Å². The highest BCUT2D eigenvalue weighted by atomic mass is 16.2. The fourth-order valence-electron chi connectivity index (χ4n) is 3.51. The predicted molar refractivity (Wildman–Crippen MR) is 91.6 cm³/mol. The molecule has 0 aromatic heterocycles. The zero-order valence-electron chi connectivity index (χ0n) is 13.6. The van der Waals surface area contributed by atoms with E-state index in [2.05, 4.69) is 17.0 Å². The number of likely N-dealkylation sites (tertiary alicyclic amines) is 1. The van der Waals surface area contributed by atoms with Crippen LogP contribution < -0.4 is 0 Å². The molecular formula is C20H20N2O2. The molecule has 2 amide bonds. The summed E-state index contributed by atoms with van der Waals surface area (Å²) in [7, 11) is 0. The van der Waals surface area contributed by atoms with E-state index >= 15 is 0 Å². The Morgan fingerprint density at radius 2 is 1.21 bits per heavy atom. The zero-order chi connectivity index (χ0) is 16.5. The Kier molecular flexibility index (Phi) is 3.90. The lowest BCUT2D eigenvalue weighted by atomic mass is 10.1. The summed E-state index contributed by atoms with van der Waals surface area (Å²) in [5.74, 6) is -0.395. The van der Waals surface area contributed by atoms with Crippen LogP contribution in [-0.2, 0) is 13.1 Å². The van der Waals surface area contributed by atoms with Crippen molar-refractivity contribution in [2.75, 3.05) is 13.1 Å². The van der Waals surface area contributed by atoms with Crippen LogP contribution in [0, 0.1) is 0 Å². The van der Waals surface area contributed by atoms with Crippen LogP contribution in [0.25, 0.3) is 0 Å². The third-order valence-corrected chi connectivity index (χ3v) is 4.85. The molecular weight excluding hydrogens is 300 g/mol. The number of carbonyl (C=O) groups excluding carboxylic acids is 2. The second-order valence-corrected chi connectivity index (χ2v) is 6.54. The molecule has 0 spiro atoms. The summed E-state index contributed by atoms with van der Waals surface area (Å²) < 4.78 is 0. The average Bonchev–Trinajstić information content (AvgIpc) is 3.20. The molecule has 0 aliphatic carbocycles. The molecule has 2 aromatic carbocycles. The maximum Gasteiger partial charge on any atom is 0.261 e. The molecule has 0 atom stereocenters. The molecule has 0 saturated carbocycles. The summed E-state index contributed by atoms with van der Waals surface area (Å²) in [6, 6.07) is 15.3. The number of amides is 2. The molecule has 2 aliphatic heterocycles. The van der Waals surface area contributed by atoms with E-state index in [4.69, 9.17) is 0 Å². The van der Waals surface area contributed by atoms with Crippen molar-refractivity contribution in [3.63, 3.8) is 0 Å². The topological polar surface area (TPSA) is 40.6 Å². The van der Waals surface area contributed by atoms with Gasteiger partial charge in [-0.05, 0) is 49.2 Å². The minimum atomic E-state index is -0.197. The van der Waals surface area contributed by atoms with Crippen molar-refractivity contribution in [2.24, 2.45) is 0 Å². The first-order chi connectivity index (χ1) is 11.7. The van der Waals surface area contributed by atoms with Gasteiger partial charge in [0.05, 0.1) is 17.7 Å². The van der Waals surface area contributed by atoms with Crippen molar-refractivity contribution in [1.29, 1.82) is 0 Å². The quantitative estimate of drug-likeness (QED) is 0.813. The predicted octanol–water partition coefficient (Wildman–Crippen LogP) is 3.08. The molecule has 1 fully saturated rings. The molecule has 0 radical (unpaired) electrons. The van der Waals surface area contributed by atoms with Crippen LogP contribution in [0.3, 0.4) is 0 Å². The first kappa shape index (κ1) is 15.1. The van der Waals surface area contributed by atoms with Crippen LogP contribution in [0.2, 0.25) is 0 Å². The molecule has 122 valence electrons. The second-order valence-electron chi connectivity index (χ2n) is 6.54. The van der Waals surface area contributed by atoms with Gasteiger partial charge in [-0.1, -0.05) is 36.4 Å². The van der Waals surface area contributed by atoms with Gasteiger partial charge in [-0.15, -0.1) is 0 Å². The van der Waals surface area contributed by atoms with Gasteiger partial charge in [0.1, 0.15) is 0 Å². The monoisotopic (exact) mass is 320 g/mol. The first-order valence-electron chi connectivity index (χ1n) is 8.48. The number of nitrogens with zero attached hydrogens (tertiary/aromatic N) is 2. The maximum atomic E-state index is 12.4. The van der Waals surface area contributed by atoms with Crippen LogP contribution in [0.4, 0.5) is 0 Å². The van der Waals surface area contributed by atoms with E-state index < -0.39 is 0 Å². The van der Waals surface area contributed by atoms with Gasteiger partial charge in [0, 0.05) is 6.54 Å². The fourth-order valence-corrected chi connectivity index (χ4v) is 3.51. The lowest BCUT2D eigenvalue weighted by Gasteiger charge is -2.16. The standard InChI is InChI=1S/C20H20N2O2/c23-19-17-5-1-2-6-18(17)20(24)22(19)14-16-9-7-15(8-10-16)13-21-11-3-4-12-21/h1-2,5-10H,3-4,11-14H2. The van der Waals surface area contributed by atoms with Gasteiger partial charge >= 0.3 is 0 Å². The molecule has 24 heavy (non-hydrogen) atoms. The van der Waals surface area contributed by atoms with Crippen molar-refractivity contribution in [1.82, 2.24) is 9.80 Å². The highest BCUT2D eigenvalue weighted by molar-refractivity contribution is 6.21. The van der Waals surface area contributed by atoms with Crippen LogP contribution in [0.1, 0.15) is 44.7 Å². The van der Waals surface area contributed by atoms with E-state index in [1.807, 2.05) is 12.1 Å². The normalized spacial score (nSPS) is 17.6. The Bertz CT molecular complexity index is 741. The molecule has 2 heterocycles. The fraction of sp³-hybridized carbons (Fsp3) is 0.300. The molecule has 2 aromatic rings. The van der Waals surface area contributed by atoms with Crippen molar-refractivity contribution in [3.8, 4) is 0 Å². The van der Waals surface area contributed by atoms with Gasteiger partial charge in [0.15, 0.2) is 0 Å². The Balaban J connectivity index is 1.46. The first-order valence-corrected chi connectivity index (χ1v) is 8.48. The maximum absolute atomic E-state index is 12.4. The Labute approximate surface area is 141 Å². The van der Waals surface area contributed by atoms with Gasteiger partial charge in [0.2, 0.25) is 0 Å². The number of benzene rings is 2. The van der Waals surface area contributed by atoms with E-state index in [9.17, 15) is 9.59 Å². The van der Waals surface area contributed by atoms with Crippen LogP contribution in [-0.4, -0.2) is 34.7 Å². The summed E-state index contributed by atoms with van der Waals surface area (Å²) in [4.78, 5) is 28.6. The van der Waals surface area contributed by atoms with E-state index in [-0.39, 0.29) is 11.8 Å². The lowest BCUT2D eigenvalue weighted by Crippen LogP contribution is -2.29. The zero-order valence-corrected chi connectivity index (χ0v) is 13.6. The second kappa shape index (κ2) is 6.21. The van der Waals surface area contributed by atoms with Crippen molar-refractivity contribution in [3.05, 3.63) is 70.8 Å². The molecule has 1 saturated heterocycles. The molecule has 0 bridgehead atoms. The number of carbonyl (C=O) groups is 2. The highest BCUT2D eigenvalue weighted by Crippen LogP contribution is 2.24. The smallest absolute Gasteiger partial charge is 0.261 e. The third kappa shape index (κ3) is 2.74. The molecule has 4 nitrogen and oxygen atoms in total. The summed E-state index contributed by atoms with van der Waals surface area (Å²) in [5.41, 5.74) is 3.28. The Hall–Kier alpha value is -2.46. The van der Waals surface area contributed by atoms with Crippen LogP contribution in [0.5, 0.6) is 0 Å².